The molecule has 0 fully saturated rings. The third-order valence-corrected chi connectivity index (χ3v) is 7.90. The maximum atomic E-state index is 9.75. The molecule has 2 unspecified atom stereocenters. The number of β-amino-alcohol motifs (C(OH)–C–C–N with tert-alkyl or cyclic N) is 2. The largest absolute Gasteiger partial charge is 0.479 e. The summed E-state index contributed by atoms with van der Waals surface area (Å²) in [5.74, 6) is 1.55. The van der Waals surface area contributed by atoms with Crippen molar-refractivity contribution in [3.8, 4) is 45.4 Å². The molecule has 2 atom stereocenters. The first-order valence-electron chi connectivity index (χ1n) is 13.7. The lowest BCUT2D eigenvalue weighted by atomic mass is 9.98. The lowest BCUT2D eigenvalue weighted by Crippen LogP contribution is -2.39. The highest BCUT2D eigenvalue weighted by atomic mass is 35.5. The summed E-state index contributed by atoms with van der Waals surface area (Å²) in [4.78, 5) is 27.1. The Labute approximate surface area is 262 Å². The van der Waals surface area contributed by atoms with Gasteiger partial charge in [0.25, 0.3) is 0 Å². The van der Waals surface area contributed by atoms with Crippen molar-refractivity contribution in [2.75, 3.05) is 40.4 Å². The van der Waals surface area contributed by atoms with Crippen LogP contribution in [0.25, 0.3) is 33.6 Å². The van der Waals surface area contributed by atoms with Crippen molar-refractivity contribution < 1.29 is 19.7 Å². The van der Waals surface area contributed by atoms with Gasteiger partial charge in [-0.2, -0.15) is 0 Å². The number of benzene rings is 2. The average Bonchev–Trinajstić information content (AvgIpc) is 3.05. The zero-order valence-electron chi connectivity index (χ0n) is 23.8. The van der Waals surface area contributed by atoms with Gasteiger partial charge in [-0.15, -0.1) is 0 Å². The maximum absolute atomic E-state index is 9.75. The van der Waals surface area contributed by atoms with E-state index in [1.165, 1.54) is 14.2 Å². The van der Waals surface area contributed by atoms with Crippen LogP contribution in [0, 0.1) is 0 Å². The number of aliphatic imine (C=N–C) groups is 2. The van der Waals surface area contributed by atoms with Crippen LogP contribution in [-0.4, -0.2) is 94.4 Å². The van der Waals surface area contributed by atoms with Crippen molar-refractivity contribution >= 4 is 34.9 Å². The van der Waals surface area contributed by atoms with E-state index in [2.05, 4.69) is 40.6 Å². The number of aromatic nitrogens is 4. The molecule has 0 aliphatic carbocycles. The third kappa shape index (κ3) is 5.76. The van der Waals surface area contributed by atoms with E-state index in [0.717, 1.165) is 0 Å². The van der Waals surface area contributed by atoms with Crippen LogP contribution in [-0.2, 0) is 0 Å². The molecule has 44 heavy (non-hydrogen) atoms. The number of aliphatic hydroxyl groups excluding tert-OH is 2. The van der Waals surface area contributed by atoms with Gasteiger partial charge in [0.15, 0.2) is 23.1 Å². The van der Waals surface area contributed by atoms with Crippen LogP contribution in [0.4, 0.5) is 0 Å². The van der Waals surface area contributed by atoms with E-state index < -0.39 is 12.2 Å². The SMILES string of the molecule is COc1nc(-c2cccc(-c3cccc(-c4cnc(C5=NCC(O)CN5)c(OC)n4)c3Cl)c2Cl)cnc1C1=NCC(O)CN1. The molecule has 4 aromatic rings. The molecule has 12 nitrogen and oxygen atoms in total. The fourth-order valence-corrected chi connectivity index (χ4v) is 5.52. The van der Waals surface area contributed by atoms with Gasteiger partial charge in [-0.25, -0.2) is 19.9 Å². The number of halogens is 2. The minimum atomic E-state index is -0.554. The summed E-state index contributed by atoms with van der Waals surface area (Å²) in [6.45, 7) is 1.25. The number of nitrogens with zero attached hydrogens (tertiary/aromatic N) is 6. The van der Waals surface area contributed by atoms with Gasteiger partial charge in [0.05, 0.1) is 73.3 Å². The standard InChI is InChI=1S/C30H28Cl2N8O4/c1-43-29-25(27-35-9-15(41)10-36-27)33-13-21(39-29)19-7-3-5-17(23(19)31)18-6-4-8-20(24(18)32)22-14-34-26(30(40-22)44-2)28-37-11-16(42)12-38-28/h3-8,13-16,41-42H,9-12H2,1-2H3,(H,35,36)(H,37,38). The van der Waals surface area contributed by atoms with Gasteiger partial charge < -0.3 is 30.3 Å². The Bertz CT molecular complexity index is 1660. The Balaban J connectivity index is 1.35. The zero-order valence-corrected chi connectivity index (χ0v) is 25.3. The number of hydrogen-bond donors (Lipinski definition) is 4. The molecule has 0 saturated heterocycles. The van der Waals surface area contributed by atoms with Crippen molar-refractivity contribution in [2.24, 2.45) is 9.98 Å². The van der Waals surface area contributed by atoms with E-state index in [0.29, 0.717) is 79.8 Å². The minimum absolute atomic E-state index is 0.267. The molecule has 0 amide bonds. The molecule has 4 heterocycles. The maximum Gasteiger partial charge on any atom is 0.244 e. The van der Waals surface area contributed by atoms with Gasteiger partial charge in [0.1, 0.15) is 0 Å². The van der Waals surface area contributed by atoms with Crippen molar-refractivity contribution in [3.63, 3.8) is 0 Å². The topological polar surface area (TPSA) is 159 Å². The van der Waals surface area contributed by atoms with Crippen LogP contribution in [0.5, 0.6) is 11.8 Å². The fourth-order valence-electron chi connectivity index (χ4n) is 4.87. The minimum Gasteiger partial charge on any atom is -0.479 e. The fraction of sp³-hybridized carbons (Fsp3) is 0.267. The number of rotatable bonds is 7. The molecule has 226 valence electrons. The highest BCUT2D eigenvalue weighted by molar-refractivity contribution is 6.39. The molecular weight excluding hydrogens is 607 g/mol. The first-order valence-corrected chi connectivity index (χ1v) is 14.5. The zero-order chi connectivity index (χ0) is 30.8. The average molecular weight is 636 g/mol. The highest BCUT2D eigenvalue weighted by Gasteiger charge is 2.23. The van der Waals surface area contributed by atoms with Crippen LogP contribution in [0.1, 0.15) is 11.4 Å². The molecule has 2 aliphatic rings. The number of methoxy groups -OCH3 is 2. The second-order valence-electron chi connectivity index (χ2n) is 10.0. The smallest absolute Gasteiger partial charge is 0.244 e. The normalized spacial score (nSPS) is 18.0. The van der Waals surface area contributed by atoms with Crippen LogP contribution < -0.4 is 20.1 Å². The number of nitrogens with one attached hydrogen (secondary N) is 2. The summed E-state index contributed by atoms with van der Waals surface area (Å²) >= 11 is 14.0. The summed E-state index contributed by atoms with van der Waals surface area (Å²) in [5.41, 5.74) is 4.52. The number of ether oxygens (including phenoxy) is 2. The molecule has 4 N–H and O–H groups in total. The molecule has 0 radical (unpaired) electrons. The van der Waals surface area contributed by atoms with Crippen LogP contribution in [0.2, 0.25) is 10.0 Å². The van der Waals surface area contributed by atoms with Gasteiger partial charge in [-0.3, -0.25) is 9.98 Å². The molecule has 0 bridgehead atoms. The number of amidine groups is 2. The van der Waals surface area contributed by atoms with Gasteiger partial charge in [0.2, 0.25) is 11.8 Å². The number of aliphatic hydroxyl groups is 2. The Kier molecular flexibility index (Phi) is 8.58. The Morgan fingerprint density at radius 3 is 1.45 bits per heavy atom. The second-order valence-corrected chi connectivity index (χ2v) is 10.8. The van der Waals surface area contributed by atoms with Crippen LogP contribution in [0.15, 0.2) is 58.8 Å². The van der Waals surface area contributed by atoms with Gasteiger partial charge >= 0.3 is 0 Å². The summed E-state index contributed by atoms with van der Waals surface area (Å²) in [7, 11) is 3.01. The van der Waals surface area contributed by atoms with Gasteiger partial charge in [-0.1, -0.05) is 59.6 Å². The van der Waals surface area contributed by atoms with Gasteiger partial charge in [0, 0.05) is 35.3 Å². The monoisotopic (exact) mass is 634 g/mol. The lowest BCUT2D eigenvalue weighted by Gasteiger charge is -2.20. The summed E-state index contributed by atoms with van der Waals surface area (Å²) < 4.78 is 11.1. The first kappa shape index (κ1) is 29.7. The second kappa shape index (κ2) is 12.7. The van der Waals surface area contributed by atoms with E-state index in [9.17, 15) is 10.2 Å². The predicted octanol–water partition coefficient (Wildman–Crippen LogP) is 3.01. The molecular formula is C30H28Cl2N8O4. The molecule has 2 aliphatic heterocycles. The molecule has 0 saturated carbocycles. The molecule has 6 rings (SSSR count). The molecule has 2 aromatic carbocycles. The predicted molar refractivity (Wildman–Crippen MR) is 168 cm³/mol. The molecule has 2 aromatic heterocycles. The van der Waals surface area contributed by atoms with E-state index in [4.69, 9.17) is 32.7 Å². The molecule has 14 heteroatoms. The first-order chi connectivity index (χ1) is 21.4. The summed E-state index contributed by atoms with van der Waals surface area (Å²) in [6.07, 6.45) is 2.10. The third-order valence-electron chi connectivity index (χ3n) is 7.09. The van der Waals surface area contributed by atoms with Crippen molar-refractivity contribution in [1.29, 1.82) is 0 Å². The molecule has 0 spiro atoms. The van der Waals surface area contributed by atoms with E-state index in [-0.39, 0.29) is 24.8 Å². The Morgan fingerprint density at radius 2 is 1.09 bits per heavy atom. The number of hydrogen-bond acceptors (Lipinski definition) is 12. The summed E-state index contributed by atoms with van der Waals surface area (Å²) in [6, 6.07) is 11.2. The van der Waals surface area contributed by atoms with Crippen molar-refractivity contribution in [2.45, 2.75) is 12.2 Å². The van der Waals surface area contributed by atoms with E-state index >= 15 is 0 Å². The van der Waals surface area contributed by atoms with Crippen molar-refractivity contribution in [1.82, 2.24) is 30.6 Å². The van der Waals surface area contributed by atoms with E-state index in [1.54, 1.807) is 12.4 Å². The van der Waals surface area contributed by atoms with Crippen LogP contribution >= 0.6 is 23.2 Å². The van der Waals surface area contributed by atoms with Crippen LogP contribution in [0.3, 0.4) is 0 Å². The van der Waals surface area contributed by atoms with Crippen molar-refractivity contribution in [3.05, 3.63) is 70.2 Å². The quantitative estimate of drug-likeness (QED) is 0.238. The Hall–Kier alpha value is -4.36. The highest BCUT2D eigenvalue weighted by Crippen LogP contribution is 2.42. The Morgan fingerprint density at radius 1 is 0.682 bits per heavy atom. The van der Waals surface area contributed by atoms with Gasteiger partial charge in [-0.05, 0) is 0 Å². The summed E-state index contributed by atoms with van der Waals surface area (Å²) in [5, 5.41) is 26.5. The van der Waals surface area contributed by atoms with E-state index in [1.807, 2.05) is 36.4 Å². The lowest BCUT2D eigenvalue weighted by molar-refractivity contribution is 0.181.